The van der Waals surface area contributed by atoms with E-state index in [0.29, 0.717) is 17.4 Å². The molecule has 11 nitrogen and oxygen atoms in total. The standard InChI is InChI=1S/C21H33N3O3S.C17H23ClN2O3S/c1-20(2,3)19-22-17-13-16(28(25,26)23-21(4,5)6)7-8-18(17)24(19)14-15-9-11-27-12-10-15;1-17(2,3)16-19-14-10-13(24(18,21)22)4-5-15(14)20(16)11-12-6-8-23-9-7-12/h7-8,13,15,23H,9-12,14H2,1-6H3;4-5,10,12H,6-9,11H2,1-3H3. The number of halogens is 1. The van der Waals surface area contributed by atoms with E-state index in [1.54, 1.807) is 24.3 Å². The van der Waals surface area contributed by atoms with E-state index in [0.717, 1.165) is 93.4 Å². The van der Waals surface area contributed by atoms with Gasteiger partial charge in [-0.2, -0.15) is 0 Å². The van der Waals surface area contributed by atoms with Gasteiger partial charge in [0.1, 0.15) is 11.6 Å². The number of nitrogens with one attached hydrogen (secondary N) is 1. The van der Waals surface area contributed by atoms with Crippen molar-refractivity contribution in [1.29, 1.82) is 0 Å². The molecule has 2 aliphatic heterocycles. The Balaban J connectivity index is 0.000000203. The first-order chi connectivity index (χ1) is 24.0. The molecule has 0 radical (unpaired) electrons. The van der Waals surface area contributed by atoms with Crippen LogP contribution in [0.2, 0.25) is 0 Å². The third kappa shape index (κ3) is 9.95. The molecule has 288 valence electrons. The molecule has 1 N–H and O–H groups in total. The minimum atomic E-state index is -3.75. The molecule has 0 unspecified atom stereocenters. The molecule has 52 heavy (non-hydrogen) atoms. The third-order valence-corrected chi connectivity index (χ3v) is 12.5. The zero-order valence-electron chi connectivity index (χ0n) is 32.1. The zero-order valence-corrected chi connectivity index (χ0v) is 34.5. The minimum Gasteiger partial charge on any atom is -0.381 e. The first-order valence-corrected chi connectivity index (χ1v) is 22.0. The normalized spacial score (nSPS) is 17.4. The Morgan fingerprint density at radius 3 is 1.42 bits per heavy atom. The number of hydrogen-bond donors (Lipinski definition) is 1. The van der Waals surface area contributed by atoms with Crippen molar-refractivity contribution in [1.82, 2.24) is 23.8 Å². The average molecular weight is 778 g/mol. The molecule has 0 amide bonds. The van der Waals surface area contributed by atoms with Crippen LogP contribution in [0.3, 0.4) is 0 Å². The summed E-state index contributed by atoms with van der Waals surface area (Å²) in [6.07, 6.45) is 4.17. The number of aromatic nitrogens is 4. The molecule has 2 aliphatic rings. The lowest BCUT2D eigenvalue weighted by atomic mass is 9.94. The molecule has 14 heteroatoms. The van der Waals surface area contributed by atoms with E-state index in [9.17, 15) is 16.8 Å². The third-order valence-electron chi connectivity index (χ3n) is 9.38. The Labute approximate surface area is 314 Å². The number of imidazole rings is 2. The van der Waals surface area contributed by atoms with E-state index in [1.807, 2.05) is 32.9 Å². The van der Waals surface area contributed by atoms with Crippen molar-refractivity contribution in [3.05, 3.63) is 48.0 Å². The summed E-state index contributed by atoms with van der Waals surface area (Å²) in [5.41, 5.74) is 2.55. The SMILES string of the molecule is CC(C)(C)NS(=O)(=O)c1ccc2c(c1)nc(C(C)(C)C)n2CC1CCOCC1.CC(C)(C)c1nc2cc(S(=O)(=O)Cl)ccc2n1CC1CCOCC1. The second-order valence-electron chi connectivity index (χ2n) is 17.3. The summed E-state index contributed by atoms with van der Waals surface area (Å²) in [4.78, 5) is 9.94. The van der Waals surface area contributed by atoms with Crippen molar-refractivity contribution in [2.75, 3.05) is 26.4 Å². The second-order valence-corrected chi connectivity index (χ2v) is 21.5. The number of ether oxygens (including phenoxy) is 2. The highest BCUT2D eigenvalue weighted by atomic mass is 35.7. The van der Waals surface area contributed by atoms with Crippen LogP contribution in [0.4, 0.5) is 0 Å². The molecule has 4 aromatic rings. The van der Waals surface area contributed by atoms with Gasteiger partial charge in [0.2, 0.25) is 10.0 Å². The lowest BCUT2D eigenvalue weighted by Gasteiger charge is -2.26. The fourth-order valence-corrected chi connectivity index (χ4v) is 9.10. The fraction of sp³-hybridized carbons (Fsp3) is 0.632. The number of nitrogens with zero attached hydrogens (tertiary/aromatic N) is 4. The topological polar surface area (TPSA) is 134 Å². The zero-order chi connectivity index (χ0) is 38.3. The van der Waals surface area contributed by atoms with E-state index in [2.05, 4.69) is 55.4 Å². The molecule has 2 aromatic carbocycles. The smallest absolute Gasteiger partial charge is 0.261 e. The monoisotopic (exact) mass is 777 g/mol. The summed E-state index contributed by atoms with van der Waals surface area (Å²) >= 11 is 0. The summed E-state index contributed by atoms with van der Waals surface area (Å²) in [7, 11) is -1.87. The second kappa shape index (κ2) is 15.3. The van der Waals surface area contributed by atoms with Crippen molar-refractivity contribution in [2.45, 2.75) is 127 Å². The highest BCUT2D eigenvalue weighted by molar-refractivity contribution is 8.13. The Morgan fingerprint density at radius 2 is 1.06 bits per heavy atom. The van der Waals surface area contributed by atoms with Crippen molar-refractivity contribution >= 4 is 51.8 Å². The van der Waals surface area contributed by atoms with Crippen LogP contribution in [-0.2, 0) is 52.5 Å². The molecular formula is C38H56ClN5O6S2. The highest BCUT2D eigenvalue weighted by Crippen LogP contribution is 2.32. The van der Waals surface area contributed by atoms with Crippen molar-refractivity contribution in [3.8, 4) is 0 Å². The molecule has 0 bridgehead atoms. The number of sulfonamides is 1. The van der Waals surface area contributed by atoms with E-state index in [-0.39, 0.29) is 20.6 Å². The Morgan fingerprint density at radius 1 is 0.673 bits per heavy atom. The number of rotatable bonds is 7. The van der Waals surface area contributed by atoms with Crippen molar-refractivity contribution < 1.29 is 26.3 Å². The average Bonchev–Trinajstić information content (AvgIpc) is 3.59. The summed E-state index contributed by atoms with van der Waals surface area (Å²) in [5.74, 6) is 3.06. The van der Waals surface area contributed by atoms with Gasteiger partial charge >= 0.3 is 0 Å². The van der Waals surface area contributed by atoms with Gasteiger partial charge in [-0.1, -0.05) is 41.5 Å². The van der Waals surface area contributed by atoms with E-state index >= 15 is 0 Å². The van der Waals surface area contributed by atoms with Gasteiger partial charge in [-0.15, -0.1) is 0 Å². The summed E-state index contributed by atoms with van der Waals surface area (Å²) in [5, 5.41) is 0. The van der Waals surface area contributed by atoms with Crippen LogP contribution in [0.1, 0.15) is 99.6 Å². The van der Waals surface area contributed by atoms with Gasteiger partial charge in [-0.3, -0.25) is 0 Å². The molecule has 0 aliphatic carbocycles. The van der Waals surface area contributed by atoms with E-state index in [1.165, 1.54) is 0 Å². The molecule has 4 heterocycles. The van der Waals surface area contributed by atoms with Crippen LogP contribution >= 0.6 is 10.7 Å². The van der Waals surface area contributed by atoms with Crippen molar-refractivity contribution in [2.24, 2.45) is 11.8 Å². The minimum absolute atomic E-state index is 0.0906. The Hall–Kier alpha value is -2.55. The molecule has 2 fully saturated rings. The first kappa shape index (κ1) is 40.6. The number of benzene rings is 2. The van der Waals surface area contributed by atoms with Crippen LogP contribution in [0, 0.1) is 11.8 Å². The highest BCUT2D eigenvalue weighted by Gasteiger charge is 2.29. The van der Waals surface area contributed by atoms with Crippen LogP contribution in [0.25, 0.3) is 22.1 Å². The van der Waals surface area contributed by atoms with Gasteiger partial charge in [0.15, 0.2) is 0 Å². The molecule has 2 saturated heterocycles. The molecule has 0 saturated carbocycles. The maximum absolute atomic E-state index is 12.7. The van der Waals surface area contributed by atoms with Gasteiger partial charge in [0.05, 0.1) is 31.9 Å². The predicted molar refractivity (Wildman–Crippen MR) is 207 cm³/mol. The Bertz CT molecular complexity index is 2090. The van der Waals surface area contributed by atoms with Gasteiger partial charge in [0, 0.05) is 66.6 Å². The molecule has 0 spiro atoms. The fourth-order valence-electron chi connectivity index (χ4n) is 6.89. The van der Waals surface area contributed by atoms with Gasteiger partial charge in [-0.25, -0.2) is 31.5 Å². The van der Waals surface area contributed by atoms with Gasteiger partial charge in [0.25, 0.3) is 9.05 Å². The van der Waals surface area contributed by atoms with Crippen molar-refractivity contribution in [3.63, 3.8) is 0 Å². The lowest BCUT2D eigenvalue weighted by Crippen LogP contribution is -2.40. The van der Waals surface area contributed by atoms with Crippen LogP contribution in [0.5, 0.6) is 0 Å². The maximum atomic E-state index is 12.7. The van der Waals surface area contributed by atoms with E-state index < -0.39 is 24.6 Å². The largest absolute Gasteiger partial charge is 0.381 e. The van der Waals surface area contributed by atoms with Crippen LogP contribution < -0.4 is 4.72 Å². The molecule has 0 atom stereocenters. The van der Waals surface area contributed by atoms with Gasteiger partial charge < -0.3 is 18.6 Å². The number of hydrogen-bond acceptors (Lipinski definition) is 8. The maximum Gasteiger partial charge on any atom is 0.261 e. The molecular weight excluding hydrogens is 722 g/mol. The van der Waals surface area contributed by atoms with Crippen LogP contribution in [-0.4, -0.2) is 67.9 Å². The molecule has 2 aromatic heterocycles. The van der Waals surface area contributed by atoms with Crippen LogP contribution in [0.15, 0.2) is 46.2 Å². The predicted octanol–water partition coefficient (Wildman–Crippen LogP) is 7.53. The number of fused-ring (bicyclic) bond motifs is 2. The van der Waals surface area contributed by atoms with Gasteiger partial charge in [-0.05, 0) is 94.7 Å². The summed E-state index contributed by atoms with van der Waals surface area (Å²) in [6, 6.07) is 10.2. The summed E-state index contributed by atoms with van der Waals surface area (Å²) < 4.78 is 66.8. The Kier molecular flexibility index (Phi) is 12.0. The lowest BCUT2D eigenvalue weighted by molar-refractivity contribution is 0.0610. The summed E-state index contributed by atoms with van der Waals surface area (Å²) in [6.45, 7) is 23.3. The first-order valence-electron chi connectivity index (χ1n) is 18.2. The quantitative estimate of drug-likeness (QED) is 0.191. The van der Waals surface area contributed by atoms with E-state index in [4.69, 9.17) is 30.1 Å². The molecule has 6 rings (SSSR count).